The maximum atomic E-state index is 13.9. The van der Waals surface area contributed by atoms with E-state index in [4.69, 9.17) is 16.3 Å². The van der Waals surface area contributed by atoms with Gasteiger partial charge >= 0.3 is 6.09 Å². The van der Waals surface area contributed by atoms with Gasteiger partial charge in [0.1, 0.15) is 17.6 Å². The summed E-state index contributed by atoms with van der Waals surface area (Å²) in [5, 5.41) is 5.62. The lowest BCUT2D eigenvalue weighted by atomic mass is 10.2. The van der Waals surface area contributed by atoms with Gasteiger partial charge < -0.3 is 15.8 Å². The number of ether oxygens (including phenoxy) is 1. The zero-order valence-corrected chi connectivity index (χ0v) is 21.7. The summed E-state index contributed by atoms with van der Waals surface area (Å²) in [7, 11) is -2.23. The molecule has 0 radical (unpaired) electrons. The Hall–Kier alpha value is -4.70. The highest BCUT2D eigenvalue weighted by Crippen LogP contribution is 2.21. The van der Waals surface area contributed by atoms with E-state index in [1.54, 1.807) is 0 Å². The van der Waals surface area contributed by atoms with Crippen molar-refractivity contribution >= 4 is 33.2 Å². The number of carbonyl (C=O) groups is 2. The Labute approximate surface area is 221 Å². The minimum Gasteiger partial charge on any atom is -0.441 e. The van der Waals surface area contributed by atoms with Crippen molar-refractivity contribution in [2.24, 2.45) is 11.6 Å². The molecule has 0 aromatic carbocycles. The fourth-order valence-electron chi connectivity index (χ4n) is 3.12. The lowest BCUT2D eigenvalue weighted by Crippen LogP contribution is -2.39. The summed E-state index contributed by atoms with van der Waals surface area (Å²) in [6.45, 7) is 1.32. The number of anilines is 1. The summed E-state index contributed by atoms with van der Waals surface area (Å²) in [5.41, 5.74) is 6.23. The number of sulfone groups is 1. The number of nitrogens with zero attached hydrogens (tertiary/aromatic N) is 4. The summed E-state index contributed by atoms with van der Waals surface area (Å²) >= 11 is 0. The largest absolute Gasteiger partial charge is 0.441 e. The van der Waals surface area contributed by atoms with Crippen molar-refractivity contribution in [1.82, 2.24) is 25.3 Å². The molecule has 2 amide bonds. The van der Waals surface area contributed by atoms with Gasteiger partial charge in [0.05, 0.1) is 29.3 Å². The number of nitrogens with two attached hydrogens (primary N) is 2. The van der Waals surface area contributed by atoms with Crippen LogP contribution in [0.3, 0.4) is 0 Å². The van der Waals surface area contributed by atoms with Crippen LogP contribution in [-0.2, 0) is 14.6 Å². The van der Waals surface area contributed by atoms with Crippen molar-refractivity contribution in [3.05, 3.63) is 83.3 Å². The minimum absolute atomic E-state index is 0.0619. The lowest BCUT2D eigenvalue weighted by Gasteiger charge is -2.21. The Morgan fingerprint density at radius 3 is 2.44 bits per heavy atom. The number of pyridine rings is 3. The van der Waals surface area contributed by atoms with Gasteiger partial charge in [-0.25, -0.2) is 33.4 Å². The van der Waals surface area contributed by atoms with E-state index in [2.05, 4.69) is 25.6 Å². The van der Waals surface area contributed by atoms with Gasteiger partial charge in [0, 0.05) is 25.1 Å². The van der Waals surface area contributed by atoms with Crippen LogP contribution in [0.2, 0.25) is 0 Å². The van der Waals surface area contributed by atoms with Gasteiger partial charge in [-0.3, -0.25) is 20.1 Å². The molecule has 3 aromatic rings. The average Bonchev–Trinajstić information content (AvgIpc) is 2.88. The number of hydrogen-bond donors (Lipinski definition) is 4. The van der Waals surface area contributed by atoms with E-state index in [-0.39, 0.29) is 39.1 Å². The third kappa shape index (κ3) is 7.42. The fraction of sp³-hybridized carbons (Fsp3) is 0.174. The predicted octanol–water partition coefficient (Wildman–Crippen LogP) is 1.68. The molecule has 3 heterocycles. The zero-order valence-electron chi connectivity index (χ0n) is 20.8. The van der Waals surface area contributed by atoms with Crippen LogP contribution in [0.25, 0.3) is 5.70 Å². The van der Waals surface area contributed by atoms with Crippen LogP contribution in [0.1, 0.15) is 34.6 Å². The predicted molar refractivity (Wildman–Crippen MR) is 135 cm³/mol. The molecule has 13 nitrogen and oxygen atoms in total. The molecule has 0 unspecified atom stereocenters. The molecular formula is C23H24F2N8O5S. The van der Waals surface area contributed by atoms with Crippen LogP contribution in [-0.4, -0.2) is 53.7 Å². The van der Waals surface area contributed by atoms with E-state index in [0.29, 0.717) is 6.20 Å². The Morgan fingerprint density at radius 2 is 1.82 bits per heavy atom. The smallest absolute Gasteiger partial charge is 0.413 e. The molecule has 0 aliphatic carbocycles. The Bertz CT molecular complexity index is 1530. The Kier molecular flexibility index (Phi) is 8.72. The first-order valence-electron chi connectivity index (χ1n) is 11.0. The maximum Gasteiger partial charge on any atom is 0.413 e. The molecule has 0 saturated heterocycles. The number of halogens is 2. The van der Waals surface area contributed by atoms with Crippen LogP contribution >= 0.6 is 0 Å². The quantitative estimate of drug-likeness (QED) is 0.177. The van der Waals surface area contributed by atoms with Crippen molar-refractivity contribution < 1.29 is 31.5 Å². The molecule has 39 heavy (non-hydrogen) atoms. The van der Waals surface area contributed by atoms with Crippen LogP contribution in [0.4, 0.5) is 19.3 Å². The van der Waals surface area contributed by atoms with E-state index in [1.165, 1.54) is 44.6 Å². The number of hydrogen-bond acceptors (Lipinski definition) is 11. The normalized spacial score (nSPS) is 12.7. The molecule has 206 valence electrons. The first kappa shape index (κ1) is 28.9. The van der Waals surface area contributed by atoms with Crippen LogP contribution in [0.15, 0.2) is 59.8 Å². The number of nitrogens with one attached hydrogen (secondary N) is 2. The molecule has 1 atom stereocenters. The molecule has 0 fully saturated rings. The molecule has 16 heteroatoms. The number of rotatable bonds is 8. The van der Waals surface area contributed by atoms with Gasteiger partial charge in [-0.2, -0.15) is 4.39 Å². The molecule has 0 spiro atoms. The lowest BCUT2D eigenvalue weighted by molar-refractivity contribution is 0.102. The Balaban J connectivity index is 1.73. The maximum absolute atomic E-state index is 13.9. The Morgan fingerprint density at radius 1 is 1.10 bits per heavy atom. The van der Waals surface area contributed by atoms with Crippen molar-refractivity contribution in [3.8, 4) is 0 Å². The number of alkyl carbamates (subject to hydrolysis) is 1. The first-order valence-corrected chi connectivity index (χ1v) is 12.9. The third-order valence-electron chi connectivity index (χ3n) is 5.06. The molecule has 3 rings (SSSR count). The zero-order chi connectivity index (χ0) is 28.9. The van der Waals surface area contributed by atoms with E-state index in [9.17, 15) is 26.8 Å². The van der Waals surface area contributed by atoms with E-state index in [1.807, 2.05) is 0 Å². The van der Waals surface area contributed by atoms with Gasteiger partial charge in [0.15, 0.2) is 20.7 Å². The monoisotopic (exact) mass is 562 g/mol. The van der Waals surface area contributed by atoms with E-state index >= 15 is 0 Å². The van der Waals surface area contributed by atoms with Crippen LogP contribution < -0.4 is 22.2 Å². The van der Waals surface area contributed by atoms with E-state index in [0.717, 1.165) is 23.4 Å². The van der Waals surface area contributed by atoms with Crippen molar-refractivity contribution in [2.45, 2.75) is 18.1 Å². The number of aromatic nitrogens is 3. The molecule has 6 N–H and O–H groups in total. The van der Waals surface area contributed by atoms with Gasteiger partial charge in [-0.15, -0.1) is 0 Å². The molecule has 3 aromatic heterocycles. The summed E-state index contributed by atoms with van der Waals surface area (Å²) < 4.78 is 55.7. The number of hydrazine groups is 1. The standard InChI is InChI=1S/C23H24F2N8O5S/c1-12(16-9-14(24)10-30-20(16)25)38-23(35)32-21(33(2)27)19(26)17-5-4-15(11-29-17)31-22(34)13-6-7-28-18(8-13)39(3,36)37/h4-12H,26-27H2,1-3H3,(H,31,34)(H,32,35)/b21-19-/t12-/m1/s1. The second kappa shape index (κ2) is 11.8. The molecule has 0 bridgehead atoms. The van der Waals surface area contributed by atoms with Gasteiger partial charge in [-0.1, -0.05) is 0 Å². The average molecular weight is 563 g/mol. The van der Waals surface area contributed by atoms with Gasteiger partial charge in [0.2, 0.25) is 5.95 Å². The van der Waals surface area contributed by atoms with Gasteiger partial charge in [-0.05, 0) is 37.3 Å². The summed E-state index contributed by atoms with van der Waals surface area (Å²) in [5.74, 6) is 3.25. The second-order valence-electron chi connectivity index (χ2n) is 8.12. The summed E-state index contributed by atoms with van der Waals surface area (Å²) in [6, 6.07) is 6.22. The third-order valence-corrected chi connectivity index (χ3v) is 6.04. The van der Waals surface area contributed by atoms with Crippen LogP contribution in [0, 0.1) is 11.8 Å². The highest BCUT2D eigenvalue weighted by atomic mass is 32.2. The highest BCUT2D eigenvalue weighted by Gasteiger charge is 2.21. The topological polar surface area (TPSA) is 196 Å². The summed E-state index contributed by atoms with van der Waals surface area (Å²) in [4.78, 5) is 36.1. The minimum atomic E-state index is -3.61. The molecule has 0 aliphatic rings. The molecular weight excluding hydrogens is 538 g/mol. The van der Waals surface area contributed by atoms with Crippen molar-refractivity contribution in [1.29, 1.82) is 0 Å². The molecule has 0 saturated carbocycles. The van der Waals surface area contributed by atoms with Crippen molar-refractivity contribution in [3.63, 3.8) is 0 Å². The fourth-order valence-corrected chi connectivity index (χ4v) is 3.72. The number of amides is 2. The SMILES string of the molecule is C[C@@H](OC(=O)N/C(=C(/N)c1ccc(NC(=O)c2ccnc(S(C)(=O)=O)c2)cn1)N(C)N)c1cc(F)cnc1F. The molecule has 0 aliphatic heterocycles. The van der Waals surface area contributed by atoms with E-state index < -0.39 is 39.7 Å². The van der Waals surface area contributed by atoms with Crippen molar-refractivity contribution in [2.75, 3.05) is 18.6 Å². The van der Waals surface area contributed by atoms with Gasteiger partial charge in [0.25, 0.3) is 5.91 Å². The highest BCUT2D eigenvalue weighted by molar-refractivity contribution is 7.90. The summed E-state index contributed by atoms with van der Waals surface area (Å²) in [6.07, 6.45) is 1.86. The first-order chi connectivity index (χ1) is 18.3. The van der Waals surface area contributed by atoms with Crippen LogP contribution in [0.5, 0.6) is 0 Å². The second-order valence-corrected chi connectivity index (χ2v) is 10.1. The number of carbonyl (C=O) groups excluding carboxylic acids is 2.